The summed E-state index contributed by atoms with van der Waals surface area (Å²) in [7, 11) is 1.99. The third kappa shape index (κ3) is 5.33. The van der Waals surface area contributed by atoms with Gasteiger partial charge in [-0.05, 0) is 57.5 Å². The molecule has 0 aliphatic rings. The molecule has 3 rings (SSSR count). The van der Waals surface area contributed by atoms with E-state index in [0.29, 0.717) is 34.1 Å². The summed E-state index contributed by atoms with van der Waals surface area (Å²) in [4.78, 5) is 11.2. The van der Waals surface area contributed by atoms with Gasteiger partial charge in [0.15, 0.2) is 0 Å². The average Bonchev–Trinajstić information content (AvgIpc) is 3.22. The lowest BCUT2D eigenvalue weighted by Crippen LogP contribution is -2.26. The molecule has 0 saturated heterocycles. The van der Waals surface area contributed by atoms with Crippen LogP contribution in [0.15, 0.2) is 28.8 Å². The van der Waals surface area contributed by atoms with Crippen LogP contribution in [0.5, 0.6) is 5.75 Å². The minimum atomic E-state index is -0.974. The van der Waals surface area contributed by atoms with Crippen molar-refractivity contribution in [1.29, 1.82) is 0 Å². The number of hydrogen-bond donors (Lipinski definition) is 2. The Hall–Kier alpha value is -2.68. The Morgan fingerprint density at radius 1 is 1.13 bits per heavy atom. The Bertz CT molecular complexity index is 1030. The van der Waals surface area contributed by atoms with Crippen LogP contribution in [0.3, 0.4) is 0 Å². The van der Waals surface area contributed by atoms with E-state index in [1.54, 1.807) is 6.07 Å². The first-order chi connectivity index (χ1) is 14.7. The van der Waals surface area contributed by atoms with Crippen LogP contribution >= 0.6 is 11.6 Å². The maximum atomic E-state index is 9.49. The van der Waals surface area contributed by atoms with E-state index in [-0.39, 0.29) is 13.2 Å². The second-order valence-electron chi connectivity index (χ2n) is 7.73. The van der Waals surface area contributed by atoms with Crippen molar-refractivity contribution in [3.05, 3.63) is 40.5 Å². The highest BCUT2D eigenvalue weighted by Gasteiger charge is 2.17. The summed E-state index contributed by atoms with van der Waals surface area (Å²) >= 11 is 6.37. The van der Waals surface area contributed by atoms with Crippen molar-refractivity contribution in [2.75, 3.05) is 25.2 Å². The van der Waals surface area contributed by atoms with Gasteiger partial charge in [0.2, 0.25) is 5.82 Å². The molecule has 2 aromatic heterocycles. The van der Waals surface area contributed by atoms with Crippen molar-refractivity contribution in [3.63, 3.8) is 0 Å². The smallest absolute Gasteiger partial charge is 0.258 e. The van der Waals surface area contributed by atoms with Gasteiger partial charge in [-0.1, -0.05) is 16.8 Å². The van der Waals surface area contributed by atoms with Gasteiger partial charge >= 0.3 is 0 Å². The Kier molecular flexibility index (Phi) is 7.15. The van der Waals surface area contributed by atoms with E-state index in [1.807, 2.05) is 39.1 Å². The fourth-order valence-corrected chi connectivity index (χ4v) is 3.27. The molecule has 0 radical (unpaired) electrons. The van der Waals surface area contributed by atoms with Crippen LogP contribution in [0.4, 0.5) is 5.82 Å². The van der Waals surface area contributed by atoms with Crippen LogP contribution in [-0.4, -0.2) is 57.7 Å². The summed E-state index contributed by atoms with van der Waals surface area (Å²) in [5, 5.41) is 22.9. The average molecular weight is 447 g/mol. The topological polar surface area (TPSA) is 105 Å². The fourth-order valence-electron chi connectivity index (χ4n) is 2.95. The van der Waals surface area contributed by atoms with Gasteiger partial charge in [0, 0.05) is 29.9 Å². The Morgan fingerprint density at radius 3 is 2.52 bits per heavy atom. The molecule has 1 unspecified atom stereocenters. The minimum Gasteiger partial charge on any atom is -0.489 e. The summed E-state index contributed by atoms with van der Waals surface area (Å²) in [6.07, 6.45) is -0.974. The molecule has 0 bridgehead atoms. The van der Waals surface area contributed by atoms with E-state index in [4.69, 9.17) is 26.0 Å². The molecular weight excluding hydrogens is 420 g/mol. The monoisotopic (exact) mass is 446 g/mol. The first-order valence-corrected chi connectivity index (χ1v) is 10.3. The molecule has 1 atom stereocenters. The third-order valence-electron chi connectivity index (χ3n) is 4.87. The molecule has 31 heavy (non-hydrogen) atoms. The van der Waals surface area contributed by atoms with Crippen LogP contribution in [-0.2, 0) is 0 Å². The van der Waals surface area contributed by atoms with Gasteiger partial charge in [-0.2, -0.15) is 4.98 Å². The number of ether oxygens (including phenoxy) is 1. The predicted molar refractivity (Wildman–Crippen MR) is 120 cm³/mol. The maximum absolute atomic E-state index is 9.49. The molecule has 9 heteroatoms. The second kappa shape index (κ2) is 9.64. The van der Waals surface area contributed by atoms with Crippen molar-refractivity contribution in [2.24, 2.45) is 0 Å². The fraction of sp³-hybridized carbons (Fsp3) is 0.409. The summed E-state index contributed by atoms with van der Waals surface area (Å²) in [5.74, 6) is 2.05. The summed E-state index contributed by atoms with van der Waals surface area (Å²) in [5.41, 5.74) is 3.07. The zero-order valence-electron chi connectivity index (χ0n) is 18.3. The molecule has 2 N–H and O–H groups in total. The number of aliphatic hydroxyl groups excluding tert-OH is 2. The molecule has 8 nitrogen and oxygen atoms in total. The van der Waals surface area contributed by atoms with Gasteiger partial charge in [0.1, 0.15) is 24.3 Å². The van der Waals surface area contributed by atoms with Crippen LogP contribution in [0.1, 0.15) is 25.1 Å². The minimum absolute atomic E-state index is 0.0582. The lowest BCUT2D eigenvalue weighted by Gasteiger charge is -2.23. The SMILES string of the molecule is Cc1cc(-c2nc(-c3cc(C)c(OCC(O)CO)c(Cl)c3)no2)cc(N(C)C(C)C)n1. The molecule has 0 saturated carbocycles. The van der Waals surface area contributed by atoms with E-state index < -0.39 is 6.10 Å². The summed E-state index contributed by atoms with van der Waals surface area (Å²) in [6, 6.07) is 7.63. The van der Waals surface area contributed by atoms with Crippen LogP contribution in [0, 0.1) is 13.8 Å². The number of aromatic nitrogens is 3. The highest BCUT2D eigenvalue weighted by molar-refractivity contribution is 6.32. The van der Waals surface area contributed by atoms with Crippen molar-refractivity contribution >= 4 is 17.4 Å². The van der Waals surface area contributed by atoms with Gasteiger partial charge in [-0.3, -0.25) is 0 Å². The Morgan fingerprint density at radius 2 is 1.87 bits per heavy atom. The normalized spacial score (nSPS) is 12.3. The van der Waals surface area contributed by atoms with Crippen molar-refractivity contribution < 1.29 is 19.5 Å². The van der Waals surface area contributed by atoms with E-state index in [2.05, 4.69) is 33.9 Å². The highest BCUT2D eigenvalue weighted by Crippen LogP contribution is 2.34. The molecule has 166 valence electrons. The zero-order chi connectivity index (χ0) is 22.7. The quantitative estimate of drug-likeness (QED) is 0.540. The summed E-state index contributed by atoms with van der Waals surface area (Å²) in [6.45, 7) is 7.50. The van der Waals surface area contributed by atoms with Crippen LogP contribution < -0.4 is 9.64 Å². The van der Waals surface area contributed by atoms with Gasteiger partial charge in [0.05, 0.1) is 11.6 Å². The largest absolute Gasteiger partial charge is 0.489 e. The molecule has 0 amide bonds. The molecule has 0 aliphatic carbocycles. The number of pyridine rings is 1. The van der Waals surface area contributed by atoms with Crippen LogP contribution in [0.25, 0.3) is 22.8 Å². The lowest BCUT2D eigenvalue weighted by molar-refractivity contribution is 0.0534. The van der Waals surface area contributed by atoms with E-state index >= 15 is 0 Å². The number of halogens is 1. The zero-order valence-corrected chi connectivity index (χ0v) is 19.0. The third-order valence-corrected chi connectivity index (χ3v) is 5.15. The Labute approximate surface area is 186 Å². The van der Waals surface area contributed by atoms with Crippen molar-refractivity contribution in [2.45, 2.75) is 39.8 Å². The standard InChI is InChI=1S/C22H27ClN4O4/c1-12(2)27(5)19-9-16(7-14(4)24-19)22-25-21(26-31-22)15-6-13(3)20(18(23)8-15)30-11-17(29)10-28/h6-9,12,17,28-29H,10-11H2,1-5H3. The number of nitrogens with zero attached hydrogens (tertiary/aromatic N) is 4. The van der Waals surface area contributed by atoms with Gasteiger partial charge < -0.3 is 24.4 Å². The van der Waals surface area contributed by atoms with E-state index in [9.17, 15) is 5.11 Å². The number of rotatable bonds is 8. The number of aryl methyl sites for hydroxylation is 2. The molecule has 0 aliphatic heterocycles. The van der Waals surface area contributed by atoms with E-state index in [0.717, 1.165) is 22.6 Å². The van der Waals surface area contributed by atoms with Gasteiger partial charge in [-0.15, -0.1) is 0 Å². The molecule has 3 aromatic rings. The summed E-state index contributed by atoms with van der Waals surface area (Å²) < 4.78 is 11.1. The van der Waals surface area contributed by atoms with Crippen molar-refractivity contribution in [1.82, 2.24) is 15.1 Å². The van der Waals surface area contributed by atoms with Crippen LogP contribution in [0.2, 0.25) is 5.02 Å². The number of aliphatic hydroxyl groups is 2. The maximum Gasteiger partial charge on any atom is 0.258 e. The number of anilines is 1. The molecule has 0 fully saturated rings. The molecular formula is C22H27ClN4O4. The van der Waals surface area contributed by atoms with Gasteiger partial charge in [0.25, 0.3) is 5.89 Å². The lowest BCUT2D eigenvalue weighted by atomic mass is 10.1. The molecule has 0 spiro atoms. The second-order valence-corrected chi connectivity index (χ2v) is 8.14. The Balaban J connectivity index is 1.89. The van der Waals surface area contributed by atoms with Gasteiger partial charge in [-0.25, -0.2) is 4.98 Å². The van der Waals surface area contributed by atoms with Crippen molar-refractivity contribution in [3.8, 4) is 28.6 Å². The van der Waals surface area contributed by atoms with E-state index in [1.165, 1.54) is 0 Å². The highest BCUT2D eigenvalue weighted by atomic mass is 35.5. The molecule has 1 aromatic carbocycles. The number of hydrogen-bond acceptors (Lipinski definition) is 8. The number of benzene rings is 1. The first kappa shape index (κ1) is 23.0. The first-order valence-electron chi connectivity index (χ1n) is 9.97. The predicted octanol–water partition coefficient (Wildman–Crippen LogP) is 3.65. The molecule has 2 heterocycles.